The second-order valence-corrected chi connectivity index (χ2v) is 6.32. The molecule has 1 unspecified atom stereocenters. The second-order valence-electron chi connectivity index (χ2n) is 6.32. The van der Waals surface area contributed by atoms with E-state index in [1.807, 2.05) is 19.9 Å². The largest absolute Gasteiger partial charge is 0.478 e. The molecule has 0 spiro atoms. The van der Waals surface area contributed by atoms with Gasteiger partial charge in [-0.15, -0.1) is 0 Å². The monoisotopic (exact) mass is 369 g/mol. The van der Waals surface area contributed by atoms with Gasteiger partial charge in [0.05, 0.1) is 11.3 Å². The summed E-state index contributed by atoms with van der Waals surface area (Å²) in [6, 6.07) is 9.98. The highest BCUT2D eigenvalue weighted by Crippen LogP contribution is 2.13. The zero-order chi connectivity index (χ0) is 20.0. The first-order valence-corrected chi connectivity index (χ1v) is 8.70. The van der Waals surface area contributed by atoms with Crippen LogP contribution in [0, 0.1) is 12.8 Å². The van der Waals surface area contributed by atoms with Gasteiger partial charge < -0.3 is 15.7 Å². The van der Waals surface area contributed by atoms with Crippen LogP contribution in [-0.2, 0) is 11.3 Å². The molecule has 7 nitrogen and oxygen atoms in total. The summed E-state index contributed by atoms with van der Waals surface area (Å²) in [5.41, 5.74) is 2.00. The van der Waals surface area contributed by atoms with Crippen LogP contribution in [0.3, 0.4) is 0 Å². The van der Waals surface area contributed by atoms with Gasteiger partial charge in [-0.25, -0.2) is 9.78 Å². The Hall–Kier alpha value is -3.22. The average Bonchev–Trinajstić information content (AvgIpc) is 2.65. The minimum atomic E-state index is -1.08. The third-order valence-electron chi connectivity index (χ3n) is 4.26. The molecule has 2 rings (SSSR count). The van der Waals surface area contributed by atoms with E-state index in [0.29, 0.717) is 5.69 Å². The Balaban J connectivity index is 2.01. The van der Waals surface area contributed by atoms with Crippen molar-refractivity contribution in [2.75, 3.05) is 5.32 Å². The van der Waals surface area contributed by atoms with Gasteiger partial charge in [0.2, 0.25) is 5.91 Å². The Morgan fingerprint density at radius 2 is 1.93 bits per heavy atom. The van der Waals surface area contributed by atoms with E-state index < -0.39 is 11.9 Å². The predicted octanol–water partition coefficient (Wildman–Crippen LogP) is 3.00. The maximum absolute atomic E-state index is 12.3. The van der Waals surface area contributed by atoms with Crippen molar-refractivity contribution in [3.05, 3.63) is 58.9 Å². The van der Waals surface area contributed by atoms with E-state index in [0.717, 1.165) is 12.0 Å². The van der Waals surface area contributed by atoms with Gasteiger partial charge in [-0.2, -0.15) is 0 Å². The molecule has 3 N–H and O–H groups in total. The van der Waals surface area contributed by atoms with Crippen molar-refractivity contribution in [1.82, 2.24) is 10.3 Å². The molecule has 142 valence electrons. The molecule has 1 heterocycles. The molecule has 1 atom stereocenters. The summed E-state index contributed by atoms with van der Waals surface area (Å²) >= 11 is 0. The van der Waals surface area contributed by atoms with E-state index >= 15 is 0 Å². The highest BCUT2D eigenvalue weighted by Gasteiger charge is 2.13. The van der Waals surface area contributed by atoms with Crippen LogP contribution in [0.15, 0.2) is 36.4 Å². The fourth-order valence-corrected chi connectivity index (χ4v) is 2.40. The Bertz CT molecular complexity index is 864. The number of carboxylic acids is 1. The van der Waals surface area contributed by atoms with E-state index in [1.54, 1.807) is 25.1 Å². The van der Waals surface area contributed by atoms with E-state index in [9.17, 15) is 14.4 Å². The number of aromatic carboxylic acids is 1. The Labute approximate surface area is 157 Å². The molecule has 0 aliphatic carbocycles. The number of pyridine rings is 1. The topological polar surface area (TPSA) is 108 Å². The van der Waals surface area contributed by atoms with Crippen LogP contribution in [0.1, 0.15) is 52.4 Å². The summed E-state index contributed by atoms with van der Waals surface area (Å²) in [7, 11) is 0. The smallest absolute Gasteiger partial charge is 0.337 e. The number of benzene rings is 1. The molecule has 0 aliphatic heterocycles. The summed E-state index contributed by atoms with van der Waals surface area (Å²) in [5.74, 6) is -1.60. The van der Waals surface area contributed by atoms with Crippen LogP contribution in [-0.4, -0.2) is 27.9 Å². The Kier molecular flexibility index (Phi) is 6.65. The van der Waals surface area contributed by atoms with E-state index in [1.165, 1.54) is 12.1 Å². The number of nitrogens with one attached hydrogen (secondary N) is 2. The van der Waals surface area contributed by atoms with E-state index in [4.69, 9.17) is 5.11 Å². The van der Waals surface area contributed by atoms with Gasteiger partial charge in [0, 0.05) is 18.2 Å². The quantitative estimate of drug-likeness (QED) is 0.695. The number of hydrogen-bond donors (Lipinski definition) is 3. The summed E-state index contributed by atoms with van der Waals surface area (Å²) in [6.07, 6.45) is 0.759. The van der Waals surface area contributed by atoms with E-state index in [-0.39, 0.29) is 35.3 Å². The highest BCUT2D eigenvalue weighted by atomic mass is 16.4. The van der Waals surface area contributed by atoms with Gasteiger partial charge in [-0.05, 0) is 43.2 Å². The van der Waals surface area contributed by atoms with E-state index in [2.05, 4.69) is 15.6 Å². The third-order valence-corrected chi connectivity index (χ3v) is 4.26. The molecular weight excluding hydrogens is 346 g/mol. The SMILES string of the molecule is CCC(C)C(=O)Nc1cccc(CNC(=O)c2ccc(C(=O)O)c(C)n2)c1. The zero-order valence-electron chi connectivity index (χ0n) is 15.6. The molecule has 1 aromatic carbocycles. The second kappa shape index (κ2) is 8.93. The molecule has 2 amide bonds. The predicted molar refractivity (Wildman–Crippen MR) is 102 cm³/mol. The van der Waals surface area contributed by atoms with Crippen molar-refractivity contribution in [3.8, 4) is 0 Å². The molecule has 2 aromatic rings. The number of carbonyl (C=O) groups excluding carboxylic acids is 2. The van der Waals surface area contributed by atoms with Crippen molar-refractivity contribution in [2.45, 2.75) is 33.7 Å². The van der Waals surface area contributed by atoms with Gasteiger partial charge >= 0.3 is 5.97 Å². The fraction of sp³-hybridized carbons (Fsp3) is 0.300. The summed E-state index contributed by atoms with van der Waals surface area (Å²) in [5, 5.41) is 14.6. The fourth-order valence-electron chi connectivity index (χ4n) is 2.40. The van der Waals surface area contributed by atoms with Crippen molar-refractivity contribution >= 4 is 23.5 Å². The van der Waals surface area contributed by atoms with Crippen LogP contribution in [0.2, 0.25) is 0 Å². The lowest BCUT2D eigenvalue weighted by Gasteiger charge is -2.11. The first-order valence-electron chi connectivity index (χ1n) is 8.70. The molecule has 27 heavy (non-hydrogen) atoms. The van der Waals surface area contributed by atoms with Gasteiger partial charge in [0.15, 0.2) is 0 Å². The summed E-state index contributed by atoms with van der Waals surface area (Å²) in [6.45, 7) is 5.62. The molecule has 0 fully saturated rings. The number of carboxylic acid groups (broad SMARTS) is 1. The lowest BCUT2D eigenvalue weighted by Crippen LogP contribution is -2.24. The molecule has 0 saturated heterocycles. The average molecular weight is 369 g/mol. The molecule has 0 radical (unpaired) electrons. The van der Waals surface area contributed by atoms with Crippen molar-refractivity contribution in [2.24, 2.45) is 5.92 Å². The third kappa shape index (κ3) is 5.37. The number of amides is 2. The molecule has 0 aliphatic rings. The number of carbonyl (C=O) groups is 3. The molecular formula is C20H23N3O4. The molecule has 0 saturated carbocycles. The number of rotatable bonds is 7. The first-order chi connectivity index (χ1) is 12.8. The normalized spacial score (nSPS) is 11.5. The van der Waals surface area contributed by atoms with Gasteiger partial charge in [-0.1, -0.05) is 26.0 Å². The van der Waals surface area contributed by atoms with Crippen molar-refractivity contribution < 1.29 is 19.5 Å². The lowest BCUT2D eigenvalue weighted by atomic mass is 10.1. The number of nitrogens with zero attached hydrogens (tertiary/aromatic N) is 1. The lowest BCUT2D eigenvalue weighted by molar-refractivity contribution is -0.119. The minimum Gasteiger partial charge on any atom is -0.478 e. The minimum absolute atomic E-state index is 0.0446. The van der Waals surface area contributed by atoms with Crippen LogP contribution >= 0.6 is 0 Å². The summed E-state index contributed by atoms with van der Waals surface area (Å²) in [4.78, 5) is 39.3. The van der Waals surface area contributed by atoms with Crippen LogP contribution in [0.5, 0.6) is 0 Å². The van der Waals surface area contributed by atoms with Crippen LogP contribution in [0.4, 0.5) is 5.69 Å². The first kappa shape index (κ1) is 20.1. The Morgan fingerprint density at radius 1 is 1.19 bits per heavy atom. The van der Waals surface area contributed by atoms with Crippen LogP contribution < -0.4 is 10.6 Å². The van der Waals surface area contributed by atoms with Gasteiger partial charge in [0.25, 0.3) is 5.91 Å². The number of aryl methyl sites for hydroxylation is 1. The van der Waals surface area contributed by atoms with Crippen molar-refractivity contribution in [3.63, 3.8) is 0 Å². The number of anilines is 1. The van der Waals surface area contributed by atoms with Gasteiger partial charge in [-0.3, -0.25) is 9.59 Å². The zero-order valence-corrected chi connectivity index (χ0v) is 15.6. The van der Waals surface area contributed by atoms with Crippen LogP contribution in [0.25, 0.3) is 0 Å². The van der Waals surface area contributed by atoms with Gasteiger partial charge in [0.1, 0.15) is 5.69 Å². The standard InChI is InChI=1S/C20H23N3O4/c1-4-12(2)18(24)23-15-7-5-6-14(10-15)11-21-19(25)17-9-8-16(20(26)27)13(3)22-17/h5-10,12H,4,11H2,1-3H3,(H,21,25)(H,23,24)(H,26,27). The highest BCUT2D eigenvalue weighted by molar-refractivity contribution is 5.94. The molecule has 1 aromatic heterocycles. The van der Waals surface area contributed by atoms with Crippen molar-refractivity contribution in [1.29, 1.82) is 0 Å². The molecule has 0 bridgehead atoms. The maximum Gasteiger partial charge on any atom is 0.337 e. The summed E-state index contributed by atoms with van der Waals surface area (Å²) < 4.78 is 0. The maximum atomic E-state index is 12.3. The number of aromatic nitrogens is 1. The Morgan fingerprint density at radius 3 is 2.56 bits per heavy atom. The number of hydrogen-bond acceptors (Lipinski definition) is 4. The molecule has 7 heteroatoms.